The summed E-state index contributed by atoms with van der Waals surface area (Å²) in [6.45, 7) is 0. The van der Waals surface area contributed by atoms with Gasteiger partial charge in [0.1, 0.15) is 0 Å². The molecule has 0 aromatic carbocycles. The van der Waals surface area contributed by atoms with Gasteiger partial charge in [0.2, 0.25) is 0 Å². The Morgan fingerprint density at radius 2 is 1.50 bits per heavy atom. The third kappa shape index (κ3) is 6.06. The average Bonchev–Trinajstić information content (AvgIpc) is 1.58. The summed E-state index contributed by atoms with van der Waals surface area (Å²) in [5, 5.41) is 0. The third-order valence-electron chi connectivity index (χ3n) is 0.606. The van der Waals surface area contributed by atoms with E-state index < -0.39 is 10.8 Å². The molecule has 0 heterocycles. The molecule has 3 nitrogen and oxygen atoms in total. The molecule has 0 aliphatic carbocycles. The molecule has 0 unspecified atom stereocenters. The van der Waals surface area contributed by atoms with Crippen molar-refractivity contribution in [3.8, 4) is 0 Å². The van der Waals surface area contributed by atoms with Crippen LogP contribution in [0.25, 0.3) is 0 Å². The Balaban J connectivity index is 3.65. The molecule has 0 aromatic rings. The van der Waals surface area contributed by atoms with Crippen molar-refractivity contribution in [2.45, 2.75) is 0 Å². The quantitative estimate of drug-likeness (QED) is 0.582. The minimum atomic E-state index is -1.11. The zero-order chi connectivity index (χ0) is 8.15. The van der Waals surface area contributed by atoms with E-state index in [1.54, 1.807) is 0 Å². The maximum atomic E-state index is 10.8. The molecule has 6 heteroatoms. The summed E-state index contributed by atoms with van der Waals surface area (Å²) in [6.07, 6.45) is 0. The average molecular weight is 196 g/mol. The van der Waals surface area contributed by atoms with E-state index in [0.717, 1.165) is 0 Å². The topological polar surface area (TPSA) is 69.1 Å². The molecule has 0 aromatic heterocycles. The highest BCUT2D eigenvalue weighted by Crippen LogP contribution is 1.82. The molecule has 10 heavy (non-hydrogen) atoms. The van der Waals surface area contributed by atoms with Gasteiger partial charge in [0.15, 0.2) is 0 Å². The van der Waals surface area contributed by atoms with Crippen LogP contribution in [0.4, 0.5) is 0 Å². The molecule has 0 rings (SSSR count). The molecule has 4 N–H and O–H groups in total. The fourth-order valence-electron chi connectivity index (χ4n) is 0.368. The predicted molar refractivity (Wildman–Crippen MR) is 51.4 cm³/mol. The van der Waals surface area contributed by atoms with Gasteiger partial charge in [-0.1, -0.05) is 24.4 Å². The Kier molecular flexibility index (Phi) is 4.67. The van der Waals surface area contributed by atoms with E-state index in [1.165, 1.54) is 0 Å². The van der Waals surface area contributed by atoms with Crippen LogP contribution in [-0.4, -0.2) is 25.7 Å². The highest BCUT2D eigenvalue weighted by Gasteiger charge is 2.01. The lowest BCUT2D eigenvalue weighted by molar-refractivity contribution is 0.688. The Hall–Kier alpha value is -0.0700. The molecule has 0 fully saturated rings. The van der Waals surface area contributed by atoms with Gasteiger partial charge in [0.25, 0.3) is 0 Å². The van der Waals surface area contributed by atoms with Crippen LogP contribution in [0.2, 0.25) is 0 Å². The first kappa shape index (κ1) is 9.93. The van der Waals surface area contributed by atoms with E-state index >= 15 is 0 Å². The van der Waals surface area contributed by atoms with Crippen molar-refractivity contribution in [3.05, 3.63) is 0 Å². The smallest absolute Gasteiger partial charge is 0.0854 e. The van der Waals surface area contributed by atoms with Crippen LogP contribution in [0, 0.1) is 0 Å². The molecular formula is C4H8N2OS3. The summed E-state index contributed by atoms with van der Waals surface area (Å²) in [5.41, 5.74) is 10.2. The van der Waals surface area contributed by atoms with E-state index in [1.807, 2.05) is 0 Å². The molecule has 0 spiro atoms. The largest absolute Gasteiger partial charge is 0.393 e. The monoisotopic (exact) mass is 196 g/mol. The van der Waals surface area contributed by atoms with Gasteiger partial charge in [-0.25, -0.2) is 0 Å². The summed E-state index contributed by atoms with van der Waals surface area (Å²) < 4.78 is 10.8. The van der Waals surface area contributed by atoms with Crippen molar-refractivity contribution in [3.63, 3.8) is 0 Å². The molecular weight excluding hydrogens is 188 g/mol. The van der Waals surface area contributed by atoms with Crippen molar-refractivity contribution in [1.82, 2.24) is 0 Å². The zero-order valence-electron chi connectivity index (χ0n) is 5.20. The molecule has 0 aliphatic heterocycles. The Morgan fingerprint density at radius 1 is 1.20 bits per heavy atom. The fourth-order valence-corrected chi connectivity index (χ4v) is 1.89. The lowest BCUT2D eigenvalue weighted by Gasteiger charge is -1.96. The van der Waals surface area contributed by atoms with Crippen LogP contribution in [-0.2, 0) is 10.8 Å². The molecule has 0 radical (unpaired) electrons. The third-order valence-corrected chi connectivity index (χ3v) is 2.53. The number of hydrogen-bond acceptors (Lipinski definition) is 3. The van der Waals surface area contributed by atoms with Crippen LogP contribution in [0.1, 0.15) is 0 Å². The minimum absolute atomic E-state index is 0.201. The summed E-state index contributed by atoms with van der Waals surface area (Å²) in [4.78, 5) is 0.462. The molecule has 0 amide bonds. The Labute approximate surface area is 72.6 Å². The van der Waals surface area contributed by atoms with Gasteiger partial charge in [0.05, 0.1) is 21.5 Å². The van der Waals surface area contributed by atoms with Crippen LogP contribution in [0.15, 0.2) is 0 Å². The first-order valence-corrected chi connectivity index (χ1v) is 4.74. The molecule has 0 saturated heterocycles. The molecule has 0 atom stereocenters. The number of hydrogen-bond donors (Lipinski definition) is 2. The van der Waals surface area contributed by atoms with Crippen LogP contribution < -0.4 is 11.5 Å². The van der Waals surface area contributed by atoms with E-state index in [4.69, 9.17) is 11.5 Å². The predicted octanol–water partition coefficient (Wildman–Crippen LogP) is -0.693. The van der Waals surface area contributed by atoms with Crippen molar-refractivity contribution >= 4 is 45.2 Å². The van der Waals surface area contributed by atoms with Crippen molar-refractivity contribution in [2.75, 3.05) is 11.5 Å². The van der Waals surface area contributed by atoms with Gasteiger partial charge >= 0.3 is 0 Å². The summed E-state index contributed by atoms with van der Waals surface area (Å²) in [5.74, 6) is 0.402. The molecule has 58 valence electrons. The van der Waals surface area contributed by atoms with Gasteiger partial charge < -0.3 is 11.5 Å². The number of rotatable bonds is 4. The van der Waals surface area contributed by atoms with Crippen LogP contribution >= 0.6 is 24.4 Å². The second-order valence-corrected chi connectivity index (χ2v) is 4.17. The minimum Gasteiger partial charge on any atom is -0.393 e. The number of thiocarbonyl (C=S) groups is 2. The van der Waals surface area contributed by atoms with Gasteiger partial charge in [-0.2, -0.15) is 0 Å². The molecule has 0 bridgehead atoms. The standard InChI is InChI=1S/C4H8N2OS3/c5-3(8)1-10(7)2-4(6)9/h1-2H2,(H2,5,8)(H2,6,9). The highest BCUT2D eigenvalue weighted by molar-refractivity contribution is 7.91. The Morgan fingerprint density at radius 3 is 1.70 bits per heavy atom. The first-order chi connectivity index (χ1) is 4.52. The van der Waals surface area contributed by atoms with Gasteiger partial charge in [-0.3, -0.25) is 4.21 Å². The van der Waals surface area contributed by atoms with Gasteiger partial charge in [-0.05, 0) is 0 Å². The number of nitrogens with two attached hydrogens (primary N) is 2. The second kappa shape index (κ2) is 4.70. The Bertz CT molecular complexity index is 161. The van der Waals surface area contributed by atoms with Crippen molar-refractivity contribution < 1.29 is 4.21 Å². The van der Waals surface area contributed by atoms with Crippen LogP contribution in [0.3, 0.4) is 0 Å². The second-order valence-electron chi connectivity index (χ2n) is 1.66. The summed E-state index contributed by atoms with van der Waals surface area (Å²) >= 11 is 9.05. The zero-order valence-corrected chi connectivity index (χ0v) is 7.65. The molecule has 0 saturated carbocycles. The van der Waals surface area contributed by atoms with E-state index in [0.29, 0.717) is 0 Å². The van der Waals surface area contributed by atoms with E-state index in [9.17, 15) is 4.21 Å². The van der Waals surface area contributed by atoms with Crippen LogP contribution in [0.5, 0.6) is 0 Å². The van der Waals surface area contributed by atoms with Gasteiger partial charge in [-0.15, -0.1) is 0 Å². The van der Waals surface area contributed by atoms with Gasteiger partial charge in [0, 0.05) is 10.8 Å². The summed E-state index contributed by atoms with van der Waals surface area (Å²) in [7, 11) is -1.11. The first-order valence-electron chi connectivity index (χ1n) is 2.44. The van der Waals surface area contributed by atoms with Crippen molar-refractivity contribution in [1.29, 1.82) is 0 Å². The van der Waals surface area contributed by atoms with E-state index in [2.05, 4.69) is 24.4 Å². The summed E-state index contributed by atoms with van der Waals surface area (Å²) in [6, 6.07) is 0. The fraction of sp³-hybridized carbons (Fsp3) is 0.500. The highest BCUT2D eigenvalue weighted by atomic mass is 32.2. The lowest BCUT2D eigenvalue weighted by atomic mass is 10.8. The SMILES string of the molecule is NC(=S)CS(=O)CC(N)=S. The lowest BCUT2D eigenvalue weighted by Crippen LogP contribution is -2.24. The van der Waals surface area contributed by atoms with Crippen molar-refractivity contribution in [2.24, 2.45) is 11.5 Å². The normalized spacial score (nSPS) is 9.70. The van der Waals surface area contributed by atoms with E-state index in [-0.39, 0.29) is 21.5 Å². The molecule has 0 aliphatic rings. The maximum Gasteiger partial charge on any atom is 0.0854 e. The maximum absolute atomic E-state index is 10.8.